The molecule has 116 valence electrons. The topological polar surface area (TPSA) is 44.9 Å². The maximum Gasteiger partial charge on any atom is 0.235 e. The van der Waals surface area contributed by atoms with Crippen molar-refractivity contribution in [1.29, 1.82) is 0 Å². The highest BCUT2D eigenvalue weighted by molar-refractivity contribution is 6.04. The van der Waals surface area contributed by atoms with Crippen LogP contribution >= 0.6 is 0 Å². The lowest BCUT2D eigenvalue weighted by Crippen LogP contribution is -2.27. The molecule has 0 atom stereocenters. The van der Waals surface area contributed by atoms with Gasteiger partial charge in [0, 0.05) is 28.9 Å². The third-order valence-corrected chi connectivity index (χ3v) is 4.47. The van der Waals surface area contributed by atoms with Crippen LogP contribution in [0.1, 0.15) is 18.4 Å². The summed E-state index contributed by atoms with van der Waals surface area (Å²) in [4.78, 5) is 15.9. The van der Waals surface area contributed by atoms with Crippen LogP contribution in [0.25, 0.3) is 10.9 Å². The second-order valence-corrected chi connectivity index (χ2v) is 5.91. The van der Waals surface area contributed by atoms with Crippen LogP contribution in [0.2, 0.25) is 0 Å². The van der Waals surface area contributed by atoms with Crippen molar-refractivity contribution in [2.45, 2.75) is 18.3 Å². The third-order valence-electron chi connectivity index (χ3n) is 4.47. The van der Waals surface area contributed by atoms with Crippen LogP contribution in [-0.2, 0) is 10.2 Å². The van der Waals surface area contributed by atoms with E-state index in [2.05, 4.69) is 10.3 Å². The zero-order chi connectivity index (χ0) is 16.0. The molecule has 5 heteroatoms. The lowest BCUT2D eigenvalue weighted by Gasteiger charge is -2.15. The van der Waals surface area contributed by atoms with E-state index in [1.807, 2.05) is 30.5 Å². The minimum Gasteiger partial charge on any atom is -0.361 e. The highest BCUT2D eigenvalue weighted by Crippen LogP contribution is 2.51. The lowest BCUT2D eigenvalue weighted by molar-refractivity contribution is -0.118. The smallest absolute Gasteiger partial charge is 0.235 e. The molecule has 1 amide bonds. The van der Waals surface area contributed by atoms with E-state index in [-0.39, 0.29) is 11.6 Å². The van der Waals surface area contributed by atoms with Gasteiger partial charge >= 0.3 is 0 Å². The number of aromatic nitrogens is 1. The fourth-order valence-electron chi connectivity index (χ4n) is 3.04. The number of anilines is 1. The molecule has 2 aromatic carbocycles. The van der Waals surface area contributed by atoms with Crippen molar-refractivity contribution in [3.63, 3.8) is 0 Å². The van der Waals surface area contributed by atoms with Gasteiger partial charge < -0.3 is 10.3 Å². The number of fused-ring (bicyclic) bond motifs is 1. The molecule has 0 bridgehead atoms. The summed E-state index contributed by atoms with van der Waals surface area (Å²) in [6.07, 6.45) is 3.34. The van der Waals surface area contributed by atoms with Gasteiger partial charge in [0.25, 0.3) is 0 Å². The van der Waals surface area contributed by atoms with E-state index in [0.717, 1.165) is 41.4 Å². The highest BCUT2D eigenvalue weighted by atomic mass is 19.2. The van der Waals surface area contributed by atoms with Crippen molar-refractivity contribution in [3.05, 3.63) is 65.9 Å². The Morgan fingerprint density at radius 2 is 1.87 bits per heavy atom. The van der Waals surface area contributed by atoms with Gasteiger partial charge in [-0.1, -0.05) is 18.2 Å². The molecule has 1 saturated carbocycles. The molecule has 1 aromatic heterocycles. The van der Waals surface area contributed by atoms with Gasteiger partial charge in [0.05, 0.1) is 5.41 Å². The van der Waals surface area contributed by atoms with Crippen molar-refractivity contribution in [2.75, 3.05) is 5.32 Å². The second kappa shape index (κ2) is 4.91. The summed E-state index contributed by atoms with van der Waals surface area (Å²) in [5, 5.41) is 3.73. The molecule has 0 unspecified atom stereocenters. The number of nitrogens with one attached hydrogen (secondary N) is 2. The molecule has 4 rings (SSSR count). The molecule has 0 aliphatic heterocycles. The molecule has 3 nitrogen and oxygen atoms in total. The fourth-order valence-corrected chi connectivity index (χ4v) is 3.04. The Kier molecular flexibility index (Phi) is 2.98. The minimum absolute atomic E-state index is 0.187. The predicted octanol–water partition coefficient (Wildman–Crippen LogP) is 4.12. The minimum atomic E-state index is -0.972. The van der Waals surface area contributed by atoms with Gasteiger partial charge in [-0.25, -0.2) is 8.78 Å². The van der Waals surface area contributed by atoms with Crippen molar-refractivity contribution in [2.24, 2.45) is 0 Å². The molecule has 1 aliphatic carbocycles. The van der Waals surface area contributed by atoms with Crippen LogP contribution in [0.5, 0.6) is 0 Å². The molecular weight excluding hydrogens is 298 g/mol. The third kappa shape index (κ3) is 2.20. The van der Waals surface area contributed by atoms with Crippen LogP contribution in [0, 0.1) is 11.6 Å². The number of H-pyrrole nitrogens is 1. The molecule has 1 fully saturated rings. The number of carbonyl (C=O) groups excluding carboxylic acids is 1. The molecular formula is C18H14F2N2O. The molecule has 0 radical (unpaired) electrons. The van der Waals surface area contributed by atoms with Gasteiger partial charge in [0.1, 0.15) is 0 Å². The number of aromatic amines is 1. The van der Waals surface area contributed by atoms with Crippen LogP contribution in [0.3, 0.4) is 0 Å². The summed E-state index contributed by atoms with van der Waals surface area (Å²) < 4.78 is 26.3. The summed E-state index contributed by atoms with van der Waals surface area (Å²) in [5.41, 5.74) is 1.60. The maximum absolute atomic E-state index is 13.3. The van der Waals surface area contributed by atoms with E-state index >= 15 is 0 Å². The Hall–Kier alpha value is -2.69. The Morgan fingerprint density at radius 1 is 1.09 bits per heavy atom. The molecule has 0 spiro atoms. The first-order valence-corrected chi connectivity index (χ1v) is 7.43. The van der Waals surface area contributed by atoms with E-state index in [9.17, 15) is 13.6 Å². The maximum atomic E-state index is 13.3. The SMILES string of the molecule is O=C(Nc1ccc(F)c(F)c1)C1(c2c[nH]c3ccccc23)CC1. The Morgan fingerprint density at radius 3 is 2.61 bits per heavy atom. The van der Waals surface area contributed by atoms with Crippen LogP contribution in [-0.4, -0.2) is 10.9 Å². The zero-order valence-corrected chi connectivity index (χ0v) is 12.2. The molecule has 2 N–H and O–H groups in total. The van der Waals surface area contributed by atoms with Crippen LogP contribution in [0.4, 0.5) is 14.5 Å². The van der Waals surface area contributed by atoms with E-state index in [0.29, 0.717) is 0 Å². The number of benzene rings is 2. The van der Waals surface area contributed by atoms with Crippen LogP contribution < -0.4 is 5.32 Å². The number of hydrogen-bond donors (Lipinski definition) is 2. The normalized spacial score (nSPS) is 15.6. The highest BCUT2D eigenvalue weighted by Gasteiger charge is 2.52. The van der Waals surface area contributed by atoms with Gasteiger partial charge in [-0.2, -0.15) is 0 Å². The predicted molar refractivity (Wildman–Crippen MR) is 84.2 cm³/mol. The van der Waals surface area contributed by atoms with E-state index in [1.165, 1.54) is 6.07 Å². The number of para-hydroxylation sites is 1. The van der Waals surface area contributed by atoms with Crippen molar-refractivity contribution in [3.8, 4) is 0 Å². The summed E-state index contributed by atoms with van der Waals surface area (Å²) in [6, 6.07) is 11.2. The number of halogens is 2. The lowest BCUT2D eigenvalue weighted by atomic mass is 9.94. The molecule has 3 aromatic rings. The quantitative estimate of drug-likeness (QED) is 0.751. The van der Waals surface area contributed by atoms with E-state index in [4.69, 9.17) is 0 Å². The van der Waals surface area contributed by atoms with Crippen LogP contribution in [0.15, 0.2) is 48.7 Å². The van der Waals surface area contributed by atoms with Gasteiger partial charge in [-0.05, 0) is 36.6 Å². The molecule has 1 heterocycles. The van der Waals surface area contributed by atoms with Crippen molar-refractivity contribution in [1.82, 2.24) is 4.98 Å². The van der Waals surface area contributed by atoms with E-state index < -0.39 is 17.0 Å². The molecule has 0 saturated heterocycles. The summed E-state index contributed by atoms with van der Waals surface area (Å²) >= 11 is 0. The van der Waals surface area contributed by atoms with Gasteiger partial charge in [0.2, 0.25) is 5.91 Å². The van der Waals surface area contributed by atoms with Gasteiger partial charge in [-0.3, -0.25) is 4.79 Å². The Labute approximate surface area is 131 Å². The number of amides is 1. The average molecular weight is 312 g/mol. The molecule has 23 heavy (non-hydrogen) atoms. The average Bonchev–Trinajstić information content (AvgIpc) is 3.24. The first-order chi connectivity index (χ1) is 11.1. The number of rotatable bonds is 3. The summed E-state index contributed by atoms with van der Waals surface area (Å²) in [5.74, 6) is -2.09. The second-order valence-electron chi connectivity index (χ2n) is 5.91. The molecule has 1 aliphatic rings. The summed E-state index contributed by atoms with van der Waals surface area (Å²) in [6.45, 7) is 0. The number of carbonyl (C=O) groups is 1. The zero-order valence-electron chi connectivity index (χ0n) is 12.2. The summed E-state index contributed by atoms with van der Waals surface area (Å²) in [7, 11) is 0. The Bertz CT molecular complexity index is 912. The van der Waals surface area contributed by atoms with Crippen molar-refractivity contribution >= 4 is 22.5 Å². The van der Waals surface area contributed by atoms with Gasteiger partial charge in [-0.15, -0.1) is 0 Å². The monoisotopic (exact) mass is 312 g/mol. The van der Waals surface area contributed by atoms with Gasteiger partial charge in [0.15, 0.2) is 11.6 Å². The largest absolute Gasteiger partial charge is 0.361 e. The van der Waals surface area contributed by atoms with Crippen molar-refractivity contribution < 1.29 is 13.6 Å². The number of hydrogen-bond acceptors (Lipinski definition) is 1. The fraction of sp³-hybridized carbons (Fsp3) is 0.167. The first kappa shape index (κ1) is 13.9. The first-order valence-electron chi connectivity index (χ1n) is 7.43. The standard InChI is InChI=1S/C18H14F2N2O/c19-14-6-5-11(9-15(14)20)22-17(23)18(7-8-18)13-10-21-16-4-2-1-3-12(13)16/h1-6,9-10,21H,7-8H2,(H,22,23). The Balaban J connectivity index is 1.66. The van der Waals surface area contributed by atoms with E-state index in [1.54, 1.807) is 0 Å².